The summed E-state index contributed by atoms with van der Waals surface area (Å²) in [6, 6.07) is 6.05. The third-order valence-corrected chi connectivity index (χ3v) is 9.44. The smallest absolute Gasteiger partial charge is 0.271 e. The van der Waals surface area contributed by atoms with Gasteiger partial charge in [-0.25, -0.2) is 0 Å². The molecule has 3 amide bonds. The number of nitrogens with one attached hydrogen (secondary N) is 3. The van der Waals surface area contributed by atoms with Crippen LogP contribution < -0.4 is 15.4 Å². The summed E-state index contributed by atoms with van der Waals surface area (Å²) in [5.41, 5.74) is 1.55. The predicted molar refractivity (Wildman–Crippen MR) is 141 cm³/mol. The highest BCUT2D eigenvalue weighted by molar-refractivity contribution is 6.02. The molecule has 0 unspecified atom stereocenters. The Bertz CT molecular complexity index is 1300. The van der Waals surface area contributed by atoms with E-state index in [1.54, 1.807) is 25.0 Å². The number of carbonyl (C=O) groups excluding carboxylic acids is 4. The van der Waals surface area contributed by atoms with Crippen molar-refractivity contribution in [1.82, 2.24) is 20.5 Å². The van der Waals surface area contributed by atoms with Crippen molar-refractivity contribution in [2.24, 2.45) is 23.2 Å². The molecule has 4 fully saturated rings. The van der Waals surface area contributed by atoms with E-state index in [1.165, 1.54) is 12.8 Å². The van der Waals surface area contributed by atoms with E-state index >= 15 is 0 Å². The molecule has 2 aliphatic carbocycles. The van der Waals surface area contributed by atoms with Crippen LogP contribution in [0.4, 0.5) is 0 Å². The monoisotopic (exact) mass is 520 g/mol. The number of carbonyl (C=O) groups is 4. The normalized spacial score (nSPS) is 27.8. The first-order valence-corrected chi connectivity index (χ1v) is 13.9. The second-order valence-corrected chi connectivity index (χ2v) is 11.7. The lowest BCUT2D eigenvalue weighted by Crippen LogP contribution is -2.53. The van der Waals surface area contributed by atoms with Gasteiger partial charge in [0, 0.05) is 36.3 Å². The number of ketones is 1. The number of fused-ring (bicyclic) bond motifs is 2. The van der Waals surface area contributed by atoms with Crippen LogP contribution in [0.1, 0.15) is 62.4 Å². The number of hydrogen-bond acceptors (Lipinski definition) is 5. The number of benzene rings is 1. The molecule has 2 saturated heterocycles. The van der Waals surface area contributed by atoms with Crippen molar-refractivity contribution in [3.8, 4) is 5.75 Å². The largest absolute Gasteiger partial charge is 0.496 e. The zero-order valence-electron chi connectivity index (χ0n) is 22.0. The minimum atomic E-state index is -0.731. The first kappa shape index (κ1) is 24.9. The second kappa shape index (κ2) is 9.43. The third-order valence-electron chi connectivity index (χ3n) is 9.44. The fraction of sp³-hybridized carbons (Fsp3) is 0.586. The van der Waals surface area contributed by atoms with Crippen molar-refractivity contribution in [2.75, 3.05) is 20.2 Å². The van der Waals surface area contributed by atoms with Crippen molar-refractivity contribution in [3.05, 3.63) is 30.0 Å². The highest BCUT2D eigenvalue weighted by Gasteiger charge is 2.60. The summed E-state index contributed by atoms with van der Waals surface area (Å²) in [4.78, 5) is 57.8. The molecule has 1 aromatic carbocycles. The maximum Gasteiger partial charge on any atom is 0.271 e. The van der Waals surface area contributed by atoms with Crippen molar-refractivity contribution in [3.63, 3.8) is 0 Å². The van der Waals surface area contributed by atoms with Crippen LogP contribution in [0.3, 0.4) is 0 Å². The molecule has 3 heterocycles. The number of nitrogens with zero attached hydrogens (tertiary/aromatic N) is 1. The van der Waals surface area contributed by atoms with Gasteiger partial charge in [-0.15, -0.1) is 0 Å². The van der Waals surface area contributed by atoms with Crippen molar-refractivity contribution in [1.29, 1.82) is 0 Å². The lowest BCUT2D eigenvalue weighted by molar-refractivity contribution is -0.132. The average molecular weight is 521 g/mol. The van der Waals surface area contributed by atoms with Crippen LogP contribution >= 0.6 is 0 Å². The van der Waals surface area contributed by atoms with Crippen LogP contribution in [0.15, 0.2) is 24.3 Å². The lowest BCUT2D eigenvalue weighted by atomic mass is 9.91. The lowest BCUT2D eigenvalue weighted by Gasteiger charge is -2.29. The molecule has 0 radical (unpaired) electrons. The standard InChI is InChI=1S/C29H36N4O5/c1-3-23(34)21(11-16-7-10-30-26(16)35)32-27(36)25-19-14-29(8-9-29)13-17(19)15-33(25)28(37)22-12-18-20(31-22)5-4-6-24(18)38-2/h4-6,12,16-17,19,21,25,31H,3,7-11,13-15H2,1-2H3,(H,30,35)(H,32,36)/t16-,17-,19-,21-,25-/m0/s1. The number of methoxy groups -OCH3 is 1. The van der Waals surface area contributed by atoms with Crippen LogP contribution in [0.5, 0.6) is 5.75 Å². The van der Waals surface area contributed by atoms with E-state index in [4.69, 9.17) is 4.74 Å². The summed E-state index contributed by atoms with van der Waals surface area (Å²) >= 11 is 0. The first-order valence-electron chi connectivity index (χ1n) is 13.9. The molecule has 9 heteroatoms. The van der Waals surface area contributed by atoms with Crippen molar-refractivity contribution < 1.29 is 23.9 Å². The molecule has 6 rings (SSSR count). The Morgan fingerprint density at radius 3 is 2.74 bits per heavy atom. The van der Waals surface area contributed by atoms with Gasteiger partial charge in [0.15, 0.2) is 5.78 Å². The molecular formula is C29H36N4O5. The SMILES string of the molecule is CCC(=O)[C@H](C[C@@H]1CCNC1=O)NC(=O)[C@@H]1[C@H]2CC3(CC3)C[C@H]2CN1C(=O)c1cc2c(OC)cccc2[nH]1. The Morgan fingerprint density at radius 1 is 1.24 bits per heavy atom. The van der Waals surface area contributed by atoms with Gasteiger partial charge in [0.1, 0.15) is 17.5 Å². The van der Waals surface area contributed by atoms with Crippen molar-refractivity contribution >= 4 is 34.4 Å². The van der Waals surface area contributed by atoms with E-state index in [0.29, 0.717) is 42.8 Å². The molecule has 2 aliphatic heterocycles. The van der Waals surface area contributed by atoms with Gasteiger partial charge in [0.2, 0.25) is 11.8 Å². The Kier molecular flexibility index (Phi) is 6.19. The van der Waals surface area contributed by atoms with Crippen LogP contribution in [0.25, 0.3) is 10.9 Å². The molecule has 4 aliphatic rings. The van der Waals surface area contributed by atoms with E-state index in [0.717, 1.165) is 23.7 Å². The fourth-order valence-electron chi connectivity index (χ4n) is 7.26. The van der Waals surface area contributed by atoms with Crippen LogP contribution in [0, 0.1) is 23.2 Å². The number of aromatic nitrogens is 1. The Labute approximate surface area is 222 Å². The molecule has 38 heavy (non-hydrogen) atoms. The van der Waals surface area contributed by atoms with Gasteiger partial charge >= 0.3 is 0 Å². The quantitative estimate of drug-likeness (QED) is 0.494. The van der Waals surface area contributed by atoms with E-state index < -0.39 is 12.1 Å². The number of hydrogen-bond donors (Lipinski definition) is 3. The van der Waals surface area contributed by atoms with E-state index in [-0.39, 0.29) is 47.7 Å². The van der Waals surface area contributed by atoms with Crippen LogP contribution in [-0.2, 0) is 14.4 Å². The molecule has 1 aromatic heterocycles. The van der Waals surface area contributed by atoms with Gasteiger partial charge in [-0.2, -0.15) is 0 Å². The summed E-state index contributed by atoms with van der Waals surface area (Å²) in [6.45, 7) is 2.90. The number of amides is 3. The number of H-pyrrole nitrogens is 1. The van der Waals surface area contributed by atoms with Gasteiger partial charge in [-0.3, -0.25) is 19.2 Å². The predicted octanol–water partition coefficient (Wildman–Crippen LogP) is 2.80. The summed E-state index contributed by atoms with van der Waals surface area (Å²) in [5, 5.41) is 6.64. The zero-order chi connectivity index (χ0) is 26.6. The second-order valence-electron chi connectivity index (χ2n) is 11.7. The molecule has 1 spiro atoms. The summed E-state index contributed by atoms with van der Waals surface area (Å²) in [7, 11) is 1.60. The minimum Gasteiger partial charge on any atom is -0.496 e. The number of aromatic amines is 1. The van der Waals surface area contributed by atoms with Gasteiger partial charge in [-0.05, 0) is 74.0 Å². The Morgan fingerprint density at radius 2 is 2.05 bits per heavy atom. The molecule has 202 valence electrons. The highest BCUT2D eigenvalue weighted by atomic mass is 16.5. The number of likely N-dealkylation sites (tertiary alicyclic amines) is 1. The zero-order valence-corrected chi connectivity index (χ0v) is 22.0. The Hall–Kier alpha value is -3.36. The minimum absolute atomic E-state index is 0.0633. The van der Waals surface area contributed by atoms with Gasteiger partial charge in [-0.1, -0.05) is 13.0 Å². The van der Waals surface area contributed by atoms with Crippen molar-refractivity contribution in [2.45, 2.75) is 64.0 Å². The first-order chi connectivity index (χ1) is 18.3. The molecule has 9 nitrogen and oxygen atoms in total. The third kappa shape index (κ3) is 4.25. The number of ether oxygens (including phenoxy) is 1. The van der Waals surface area contributed by atoms with Gasteiger partial charge < -0.3 is 25.3 Å². The molecule has 2 aromatic rings. The van der Waals surface area contributed by atoms with Crippen LogP contribution in [0.2, 0.25) is 0 Å². The fourth-order valence-corrected chi connectivity index (χ4v) is 7.26. The summed E-state index contributed by atoms with van der Waals surface area (Å²) < 4.78 is 5.47. The molecule has 3 N–H and O–H groups in total. The molecule has 5 atom stereocenters. The van der Waals surface area contributed by atoms with E-state index in [9.17, 15) is 19.2 Å². The number of rotatable bonds is 8. The van der Waals surface area contributed by atoms with E-state index in [2.05, 4.69) is 15.6 Å². The average Bonchev–Trinajstić information content (AvgIpc) is 3.24. The molecular weight excluding hydrogens is 484 g/mol. The highest BCUT2D eigenvalue weighted by Crippen LogP contribution is 2.64. The summed E-state index contributed by atoms with van der Waals surface area (Å²) in [6.07, 6.45) is 5.61. The van der Waals surface area contributed by atoms with E-state index in [1.807, 2.05) is 18.2 Å². The maximum atomic E-state index is 13.9. The van der Waals surface area contributed by atoms with Crippen LogP contribution in [-0.4, -0.2) is 65.7 Å². The molecule has 2 saturated carbocycles. The topological polar surface area (TPSA) is 121 Å². The maximum absolute atomic E-state index is 13.9. The number of Topliss-reactive ketones (excluding diaryl/α,β-unsaturated/α-hetero) is 1. The molecule has 0 bridgehead atoms. The summed E-state index contributed by atoms with van der Waals surface area (Å²) in [5.74, 6) is 0.110. The Balaban J connectivity index is 1.27. The van der Waals surface area contributed by atoms with Gasteiger partial charge in [0.25, 0.3) is 5.91 Å². The van der Waals surface area contributed by atoms with Gasteiger partial charge in [0.05, 0.1) is 13.2 Å².